The number of ether oxygens (including phenoxy) is 5. The topological polar surface area (TPSA) is 106 Å². The van der Waals surface area contributed by atoms with Gasteiger partial charge >= 0.3 is 7.40 Å². The molecule has 0 radical (unpaired) electrons. The van der Waals surface area contributed by atoms with Crippen molar-refractivity contribution in [1.29, 1.82) is 0 Å². The van der Waals surface area contributed by atoms with Crippen molar-refractivity contribution < 1.29 is 37.3 Å². The molecular formula is C40H57BF2N5O5+. The molecule has 2 unspecified atom stereocenters. The van der Waals surface area contributed by atoms with Crippen molar-refractivity contribution in [3.63, 3.8) is 0 Å². The Bertz CT molecular complexity index is 1780. The molecule has 1 aromatic heterocycles. The molecule has 0 spiro atoms. The largest absolute Gasteiger partial charge is 0.677 e. The Morgan fingerprint density at radius 2 is 1.43 bits per heavy atom. The summed E-state index contributed by atoms with van der Waals surface area (Å²) < 4.78 is 58.4. The fraction of sp³-hybridized carbons (Fsp3) is 0.475. The maximum Gasteiger partial charge on any atom is 0.677 e. The van der Waals surface area contributed by atoms with Crippen LogP contribution in [0.1, 0.15) is 44.6 Å². The lowest BCUT2D eigenvalue weighted by molar-refractivity contribution is -0.346. The van der Waals surface area contributed by atoms with E-state index in [-0.39, 0.29) is 12.0 Å². The standard InChI is InChI=1S/C38H50BF2N5O5.C2H6/c1-26-22-28(3)44-37(26)36(38-27(2)23-29(4)46(38)39(40)41)31-8-6-30(7-9-31)33(42)25-43-32-10-11-34(35(24-32)47-5)45-12-14-48-16-18-50-20-21-51-19-17-49-15-13-45;1-2/h6-11,22-26,37,44H,12-21,42H2,1-5H3;1-2H3/p+1. The van der Waals surface area contributed by atoms with Crippen LogP contribution in [0.2, 0.25) is 0 Å². The minimum Gasteiger partial charge on any atom is -0.494 e. The quantitative estimate of drug-likeness (QED) is 0.252. The zero-order valence-electron chi connectivity index (χ0n) is 32.3. The van der Waals surface area contributed by atoms with Gasteiger partial charge in [-0.2, -0.15) is 0 Å². The Labute approximate surface area is 313 Å². The van der Waals surface area contributed by atoms with Crippen LogP contribution in [0.5, 0.6) is 5.75 Å². The number of nitrogens with one attached hydrogen (secondary N) is 2. The molecule has 53 heavy (non-hydrogen) atoms. The smallest absolute Gasteiger partial charge is 0.494 e. The fourth-order valence-corrected chi connectivity index (χ4v) is 6.70. The van der Waals surface area contributed by atoms with E-state index >= 15 is 0 Å². The summed E-state index contributed by atoms with van der Waals surface area (Å²) in [6.07, 6.45) is 3.88. The van der Waals surface area contributed by atoms with E-state index in [0.717, 1.165) is 43.1 Å². The molecule has 13 heteroatoms. The van der Waals surface area contributed by atoms with Crippen molar-refractivity contribution in [3.8, 4) is 5.75 Å². The van der Waals surface area contributed by atoms with Gasteiger partial charge in [-0.1, -0.05) is 51.1 Å². The summed E-state index contributed by atoms with van der Waals surface area (Å²) in [5.41, 5.74) is 12.5. The van der Waals surface area contributed by atoms with Crippen LogP contribution < -0.4 is 36.1 Å². The van der Waals surface area contributed by atoms with Crippen molar-refractivity contribution in [2.75, 3.05) is 78.0 Å². The van der Waals surface area contributed by atoms with E-state index in [4.69, 9.17) is 29.4 Å². The zero-order valence-corrected chi connectivity index (χ0v) is 32.3. The molecule has 2 aliphatic heterocycles. The van der Waals surface area contributed by atoms with Crippen LogP contribution in [-0.2, 0) is 18.9 Å². The number of rotatable bonds is 7. The van der Waals surface area contributed by atoms with Crippen LogP contribution in [0.25, 0.3) is 11.3 Å². The van der Waals surface area contributed by atoms with E-state index in [0.29, 0.717) is 88.8 Å². The van der Waals surface area contributed by atoms with Crippen LogP contribution in [-0.4, -0.2) is 97.2 Å². The molecule has 10 nitrogen and oxygen atoms in total. The van der Waals surface area contributed by atoms with E-state index in [1.165, 1.54) is 0 Å². The monoisotopic (exact) mass is 736 g/mol. The second kappa shape index (κ2) is 20.9. The van der Waals surface area contributed by atoms with Crippen molar-refractivity contribution in [2.45, 2.75) is 47.6 Å². The molecule has 2 aliphatic rings. The van der Waals surface area contributed by atoms with Gasteiger partial charge in [0, 0.05) is 53.0 Å². The normalized spacial score (nSPS) is 19.0. The highest BCUT2D eigenvalue weighted by Gasteiger charge is 2.33. The number of nitrogens with two attached hydrogens (primary N) is 1. The summed E-state index contributed by atoms with van der Waals surface area (Å²) in [6, 6.07) is 15.3. The van der Waals surface area contributed by atoms with Gasteiger partial charge < -0.3 is 44.1 Å². The molecular weight excluding hydrogens is 679 g/mol. The number of hydrogen-bond donors (Lipinski definition) is 3. The summed E-state index contributed by atoms with van der Waals surface area (Å²) in [6.45, 7) is 17.2. The first kappa shape index (κ1) is 41.6. The second-order valence-corrected chi connectivity index (χ2v) is 12.9. The number of halogens is 2. The lowest BCUT2D eigenvalue weighted by atomic mass is 9.90. The van der Waals surface area contributed by atoms with Crippen molar-refractivity contribution in [3.05, 3.63) is 87.7 Å². The average Bonchev–Trinajstić information content (AvgIpc) is 3.65. The second-order valence-electron chi connectivity index (χ2n) is 12.9. The molecule has 0 amide bonds. The minimum atomic E-state index is -2.66. The number of methoxy groups -OCH3 is 1. The van der Waals surface area contributed by atoms with Crippen LogP contribution in [0.15, 0.2) is 60.3 Å². The Morgan fingerprint density at radius 1 is 0.868 bits per heavy atom. The molecule has 1 saturated heterocycles. The van der Waals surface area contributed by atoms with Gasteiger partial charge in [0.2, 0.25) is 5.69 Å². The summed E-state index contributed by atoms with van der Waals surface area (Å²) in [4.78, 5) is 5.48. The highest BCUT2D eigenvalue weighted by molar-refractivity contribution is 6.41. The molecule has 288 valence electrons. The Hall–Kier alpha value is -4.17. The third-order valence-corrected chi connectivity index (χ3v) is 9.17. The lowest BCUT2D eigenvalue weighted by Crippen LogP contribution is -2.62. The van der Waals surface area contributed by atoms with E-state index in [2.05, 4.69) is 28.2 Å². The third-order valence-electron chi connectivity index (χ3n) is 9.17. The summed E-state index contributed by atoms with van der Waals surface area (Å²) in [5.74, 6) is 0.818. The maximum absolute atomic E-state index is 14.4. The molecule has 2 aromatic carbocycles. The average molecular weight is 737 g/mol. The highest BCUT2D eigenvalue weighted by Crippen LogP contribution is 2.32. The van der Waals surface area contributed by atoms with Gasteiger partial charge in [-0.05, 0) is 43.7 Å². The predicted octanol–water partition coefficient (Wildman–Crippen LogP) is 3.06. The van der Waals surface area contributed by atoms with Gasteiger partial charge in [0.25, 0.3) is 0 Å². The first-order chi connectivity index (χ1) is 25.7. The minimum absolute atomic E-state index is 0.121. The third kappa shape index (κ3) is 11.2. The molecule has 2 atom stereocenters. The molecule has 3 aromatic rings. The van der Waals surface area contributed by atoms with Crippen LogP contribution in [0.3, 0.4) is 0 Å². The number of aromatic nitrogens is 1. The van der Waals surface area contributed by atoms with Gasteiger partial charge in [0.05, 0.1) is 77.8 Å². The lowest BCUT2D eigenvalue weighted by Gasteiger charge is -2.26. The molecule has 0 aliphatic carbocycles. The highest BCUT2D eigenvalue weighted by atomic mass is 19.2. The summed E-state index contributed by atoms with van der Waals surface area (Å²) in [7, 11) is -1.01. The number of hydrogen-bond acceptors (Lipinski definition) is 8. The van der Waals surface area contributed by atoms with Crippen molar-refractivity contribution in [2.24, 2.45) is 11.7 Å². The van der Waals surface area contributed by atoms with Crippen molar-refractivity contribution >= 4 is 36.3 Å². The van der Waals surface area contributed by atoms with Crippen LogP contribution >= 0.6 is 0 Å². The van der Waals surface area contributed by atoms with Gasteiger partial charge in [-0.15, -0.1) is 0 Å². The van der Waals surface area contributed by atoms with Gasteiger partial charge in [-0.3, -0.25) is 8.63 Å². The Balaban J connectivity index is 0.00000308. The van der Waals surface area contributed by atoms with Crippen LogP contribution in [0.4, 0.5) is 20.0 Å². The number of benzene rings is 2. The van der Waals surface area contributed by atoms with Gasteiger partial charge in [0.15, 0.2) is 6.21 Å². The first-order valence-electron chi connectivity index (χ1n) is 18.5. The van der Waals surface area contributed by atoms with E-state index < -0.39 is 7.40 Å². The number of aryl methyl sites for hydroxylation is 2. The molecule has 3 heterocycles. The number of allylic oxidation sites excluding steroid dienone is 1. The Kier molecular flexibility index (Phi) is 16.4. The Morgan fingerprint density at radius 3 is 1.96 bits per heavy atom. The summed E-state index contributed by atoms with van der Waals surface area (Å²) in [5, 5.41) is 5.17. The van der Waals surface area contributed by atoms with Crippen molar-refractivity contribution in [1.82, 2.24) is 9.79 Å². The van der Waals surface area contributed by atoms with E-state index in [1.54, 1.807) is 20.2 Å². The van der Waals surface area contributed by atoms with E-state index in [9.17, 15) is 8.63 Å². The zero-order chi connectivity index (χ0) is 38.3. The first-order valence-corrected chi connectivity index (χ1v) is 18.5. The SMILES string of the molecule is CC.COc1cc([NH+]=CC(N)=c2ccc(=C(c3c(C)cc(C)n3B(F)F)C3NC(C)=CC3C)cc2)ccc1N1CCOCCOCCOCCOCC1. The maximum atomic E-state index is 14.4. The molecule has 1 fully saturated rings. The van der Waals surface area contributed by atoms with Crippen LogP contribution in [0, 0.1) is 19.8 Å². The predicted molar refractivity (Wildman–Crippen MR) is 209 cm³/mol. The molecule has 0 bridgehead atoms. The number of nitrogens with zero attached hydrogens (tertiary/aromatic N) is 2. The molecule has 5 rings (SSSR count). The van der Waals surface area contributed by atoms with Gasteiger partial charge in [0.1, 0.15) is 11.4 Å². The fourth-order valence-electron chi connectivity index (χ4n) is 6.70. The van der Waals surface area contributed by atoms with E-state index in [1.807, 2.05) is 76.2 Å². The molecule has 4 N–H and O–H groups in total. The summed E-state index contributed by atoms with van der Waals surface area (Å²) >= 11 is 0. The van der Waals surface area contributed by atoms with Gasteiger partial charge in [-0.25, -0.2) is 4.99 Å². The molecule has 0 saturated carbocycles. The number of anilines is 1.